The molecule has 8 nitrogen and oxygen atoms in total. The van der Waals surface area contributed by atoms with Gasteiger partial charge in [0.25, 0.3) is 5.78 Å². The molecule has 1 N–H and O–H groups in total. The zero-order valence-electron chi connectivity index (χ0n) is 17.2. The third kappa shape index (κ3) is 3.42. The Balaban J connectivity index is 1.92. The van der Waals surface area contributed by atoms with Gasteiger partial charge in [0.05, 0.1) is 25.8 Å². The van der Waals surface area contributed by atoms with E-state index in [0.717, 1.165) is 0 Å². The van der Waals surface area contributed by atoms with Crippen LogP contribution in [0.1, 0.15) is 22.9 Å². The summed E-state index contributed by atoms with van der Waals surface area (Å²) in [5.74, 6) is -0.411. The average molecular weight is 420 g/mol. The molecule has 1 saturated heterocycles. The molecule has 1 aromatic heterocycles. The van der Waals surface area contributed by atoms with Crippen LogP contribution in [0.2, 0.25) is 0 Å². The van der Waals surface area contributed by atoms with Gasteiger partial charge in [0.2, 0.25) is 0 Å². The summed E-state index contributed by atoms with van der Waals surface area (Å²) < 4.78 is 15.6. The van der Waals surface area contributed by atoms with Crippen molar-refractivity contribution in [1.82, 2.24) is 5.16 Å². The van der Waals surface area contributed by atoms with Gasteiger partial charge in [-0.25, -0.2) is 0 Å². The van der Waals surface area contributed by atoms with E-state index in [0.29, 0.717) is 28.4 Å². The molecule has 0 unspecified atom stereocenters. The number of aryl methyl sites for hydroxylation is 1. The summed E-state index contributed by atoms with van der Waals surface area (Å²) in [4.78, 5) is 27.3. The highest BCUT2D eigenvalue weighted by molar-refractivity contribution is 6.51. The van der Waals surface area contributed by atoms with Crippen LogP contribution in [-0.2, 0) is 9.59 Å². The molecular formula is C23H20N2O6. The molecule has 8 heteroatoms. The third-order valence-electron chi connectivity index (χ3n) is 5.08. The van der Waals surface area contributed by atoms with E-state index < -0.39 is 17.7 Å². The van der Waals surface area contributed by atoms with Gasteiger partial charge in [-0.1, -0.05) is 35.5 Å². The summed E-state index contributed by atoms with van der Waals surface area (Å²) in [7, 11) is 2.97. The highest BCUT2D eigenvalue weighted by atomic mass is 16.5. The van der Waals surface area contributed by atoms with E-state index in [9.17, 15) is 14.7 Å². The number of amides is 1. The molecule has 4 rings (SSSR count). The molecule has 2 aromatic carbocycles. The Hall–Kier alpha value is -4.07. The van der Waals surface area contributed by atoms with E-state index in [1.165, 1.54) is 19.1 Å². The molecule has 3 aromatic rings. The lowest BCUT2D eigenvalue weighted by Gasteiger charge is -2.22. The van der Waals surface area contributed by atoms with Crippen LogP contribution in [0.25, 0.3) is 5.76 Å². The van der Waals surface area contributed by atoms with Gasteiger partial charge in [-0.05, 0) is 30.7 Å². The Morgan fingerprint density at radius 2 is 1.74 bits per heavy atom. The molecule has 1 aliphatic heterocycles. The predicted molar refractivity (Wildman–Crippen MR) is 112 cm³/mol. The highest BCUT2D eigenvalue weighted by Crippen LogP contribution is 2.42. The van der Waals surface area contributed by atoms with Crippen LogP contribution < -0.4 is 14.4 Å². The number of hydrogen-bond donors (Lipinski definition) is 1. The minimum atomic E-state index is -0.876. The fourth-order valence-electron chi connectivity index (χ4n) is 3.63. The van der Waals surface area contributed by atoms with Crippen molar-refractivity contribution in [2.75, 3.05) is 19.1 Å². The van der Waals surface area contributed by atoms with Crippen molar-refractivity contribution in [3.05, 3.63) is 77.1 Å². The third-order valence-corrected chi connectivity index (χ3v) is 5.08. The van der Waals surface area contributed by atoms with Crippen molar-refractivity contribution in [1.29, 1.82) is 0 Å². The van der Waals surface area contributed by atoms with Gasteiger partial charge < -0.3 is 19.1 Å². The van der Waals surface area contributed by atoms with Crippen LogP contribution in [-0.4, -0.2) is 36.2 Å². The number of anilines is 1. The van der Waals surface area contributed by atoms with Gasteiger partial charge >= 0.3 is 5.91 Å². The first-order valence-electron chi connectivity index (χ1n) is 9.48. The number of methoxy groups -OCH3 is 2. The number of ether oxygens (including phenoxy) is 2. The fraction of sp³-hybridized carbons (Fsp3) is 0.174. The largest absolute Gasteiger partial charge is 0.507 e. The second-order valence-corrected chi connectivity index (χ2v) is 6.95. The Labute approximate surface area is 178 Å². The molecule has 0 saturated carbocycles. The molecule has 1 amide bonds. The number of ketones is 1. The van der Waals surface area contributed by atoms with Gasteiger partial charge in [-0.3, -0.25) is 14.5 Å². The monoisotopic (exact) mass is 420 g/mol. The van der Waals surface area contributed by atoms with E-state index in [1.807, 2.05) is 6.07 Å². The first-order chi connectivity index (χ1) is 15.0. The van der Waals surface area contributed by atoms with E-state index in [4.69, 9.17) is 14.0 Å². The molecule has 1 aliphatic rings. The summed E-state index contributed by atoms with van der Waals surface area (Å²) in [6.07, 6.45) is 0. The average Bonchev–Trinajstić information content (AvgIpc) is 3.34. The lowest BCUT2D eigenvalue weighted by molar-refractivity contribution is -0.132. The maximum Gasteiger partial charge on any atom is 0.301 e. The lowest BCUT2D eigenvalue weighted by Crippen LogP contribution is -2.29. The molecule has 0 spiro atoms. The smallest absolute Gasteiger partial charge is 0.301 e. The van der Waals surface area contributed by atoms with Crippen molar-refractivity contribution >= 4 is 23.3 Å². The summed E-state index contributed by atoms with van der Waals surface area (Å²) in [6.45, 7) is 1.69. The Kier molecular flexibility index (Phi) is 5.21. The Morgan fingerprint density at radius 1 is 1.03 bits per heavy atom. The molecule has 0 aliphatic carbocycles. The SMILES string of the molecule is COc1ccc(/C(O)=C2\C(=O)C(=O)N(c3cc(C)on3)[C@H]2c2ccccc2)cc1OC. The van der Waals surface area contributed by atoms with Crippen LogP contribution in [0.5, 0.6) is 11.5 Å². The van der Waals surface area contributed by atoms with Crippen LogP contribution in [0, 0.1) is 6.92 Å². The molecule has 1 atom stereocenters. The highest BCUT2D eigenvalue weighted by Gasteiger charge is 2.48. The zero-order chi connectivity index (χ0) is 22.1. The molecule has 0 radical (unpaired) electrons. The minimum absolute atomic E-state index is 0.0518. The number of benzene rings is 2. The number of carbonyl (C=O) groups excluding carboxylic acids is 2. The molecular weight excluding hydrogens is 400 g/mol. The van der Waals surface area contributed by atoms with Crippen LogP contribution in [0.3, 0.4) is 0 Å². The molecule has 158 valence electrons. The maximum atomic E-state index is 13.0. The second-order valence-electron chi connectivity index (χ2n) is 6.95. The summed E-state index contributed by atoms with van der Waals surface area (Å²) in [6, 6.07) is 14.4. The van der Waals surface area contributed by atoms with Crippen LogP contribution in [0.15, 0.2) is 64.7 Å². The van der Waals surface area contributed by atoms with E-state index in [2.05, 4.69) is 5.16 Å². The minimum Gasteiger partial charge on any atom is -0.507 e. The number of aromatic nitrogens is 1. The van der Waals surface area contributed by atoms with Crippen molar-refractivity contribution < 1.29 is 28.7 Å². The molecule has 31 heavy (non-hydrogen) atoms. The number of nitrogens with zero attached hydrogens (tertiary/aromatic N) is 2. The normalized spacial score (nSPS) is 17.8. The lowest BCUT2D eigenvalue weighted by atomic mass is 9.95. The van der Waals surface area contributed by atoms with Gasteiger partial charge in [-0.2, -0.15) is 0 Å². The van der Waals surface area contributed by atoms with Crippen LogP contribution in [0.4, 0.5) is 5.82 Å². The first kappa shape index (κ1) is 20.2. The zero-order valence-corrected chi connectivity index (χ0v) is 17.2. The standard InChI is InChI=1S/C23H20N2O6/c1-13-11-18(24-31-13)25-20(14-7-5-4-6-8-14)19(22(27)23(25)28)21(26)15-9-10-16(29-2)17(12-15)30-3/h4-12,20,26H,1-3H3/b21-19+/t20-/m0/s1. The summed E-state index contributed by atoms with van der Waals surface area (Å²) in [5.41, 5.74) is 0.904. The Morgan fingerprint density at radius 3 is 2.35 bits per heavy atom. The van der Waals surface area contributed by atoms with Gasteiger partial charge in [0.1, 0.15) is 11.5 Å². The van der Waals surface area contributed by atoms with Gasteiger partial charge in [0, 0.05) is 11.6 Å². The molecule has 2 heterocycles. The van der Waals surface area contributed by atoms with E-state index in [-0.39, 0.29) is 17.2 Å². The van der Waals surface area contributed by atoms with Crippen molar-refractivity contribution in [2.24, 2.45) is 0 Å². The predicted octanol–water partition coefficient (Wildman–Crippen LogP) is 3.63. The topological polar surface area (TPSA) is 102 Å². The number of hydrogen-bond acceptors (Lipinski definition) is 7. The van der Waals surface area contributed by atoms with Crippen molar-refractivity contribution in [2.45, 2.75) is 13.0 Å². The molecule has 1 fully saturated rings. The number of aliphatic hydroxyl groups is 1. The molecule has 0 bridgehead atoms. The maximum absolute atomic E-state index is 13.0. The number of aliphatic hydroxyl groups excluding tert-OH is 1. The van der Waals surface area contributed by atoms with Crippen LogP contribution >= 0.6 is 0 Å². The quantitative estimate of drug-likeness (QED) is 0.382. The van der Waals surface area contributed by atoms with Gasteiger partial charge in [-0.15, -0.1) is 0 Å². The number of rotatable bonds is 5. The second kappa shape index (κ2) is 7.98. The van der Waals surface area contributed by atoms with Crippen molar-refractivity contribution in [3.63, 3.8) is 0 Å². The Bertz CT molecular complexity index is 1180. The first-order valence-corrected chi connectivity index (χ1v) is 9.48. The number of Topliss-reactive ketones (excluding diaryl/α,β-unsaturated/α-hetero) is 1. The summed E-state index contributed by atoms with van der Waals surface area (Å²) >= 11 is 0. The fourth-order valence-corrected chi connectivity index (χ4v) is 3.63. The van der Waals surface area contributed by atoms with E-state index in [1.54, 1.807) is 55.5 Å². The summed E-state index contributed by atoms with van der Waals surface area (Å²) in [5, 5.41) is 15.0. The number of carbonyl (C=O) groups is 2. The van der Waals surface area contributed by atoms with Gasteiger partial charge in [0.15, 0.2) is 17.3 Å². The van der Waals surface area contributed by atoms with E-state index >= 15 is 0 Å². The van der Waals surface area contributed by atoms with Crippen molar-refractivity contribution in [3.8, 4) is 11.5 Å².